The molecule has 0 aromatic heterocycles. The van der Waals surface area contributed by atoms with Crippen LogP contribution in [0.15, 0.2) is 0 Å². The zero-order valence-corrected chi connectivity index (χ0v) is 12.7. The highest BCUT2D eigenvalue weighted by Crippen LogP contribution is 2.33. The first-order chi connectivity index (χ1) is 8.90. The van der Waals surface area contributed by atoms with Crippen molar-refractivity contribution in [2.24, 2.45) is 0 Å². The second-order valence-electron chi connectivity index (χ2n) is 6.81. The average molecular weight is 265 g/mol. The number of nitrogens with one attached hydrogen (secondary N) is 1. The molecule has 4 nitrogen and oxygen atoms in total. The summed E-state index contributed by atoms with van der Waals surface area (Å²) in [6, 6.07) is 3.01. The molecule has 1 heterocycles. The van der Waals surface area contributed by atoms with Crippen molar-refractivity contribution in [1.82, 2.24) is 10.2 Å². The van der Waals surface area contributed by atoms with Gasteiger partial charge in [-0.25, -0.2) is 0 Å². The van der Waals surface area contributed by atoms with E-state index >= 15 is 0 Å². The molecule has 0 amide bonds. The summed E-state index contributed by atoms with van der Waals surface area (Å²) >= 11 is 0. The standard InChI is InChI=1S/C15H27N3O/c1-12-9-18(11-14(2,3)19-12)13-6-5-7-15(8-13,10-16)17-4/h12-13,17H,5-9,11H2,1-4H3. The molecule has 19 heavy (non-hydrogen) atoms. The van der Waals surface area contributed by atoms with E-state index < -0.39 is 0 Å². The van der Waals surface area contributed by atoms with Gasteiger partial charge in [0, 0.05) is 19.1 Å². The van der Waals surface area contributed by atoms with E-state index in [0.717, 1.165) is 32.4 Å². The summed E-state index contributed by atoms with van der Waals surface area (Å²) < 4.78 is 5.98. The van der Waals surface area contributed by atoms with E-state index in [2.05, 4.69) is 37.1 Å². The van der Waals surface area contributed by atoms with Crippen molar-refractivity contribution < 1.29 is 4.74 Å². The lowest BCUT2D eigenvalue weighted by Gasteiger charge is -2.48. The van der Waals surface area contributed by atoms with E-state index in [0.29, 0.717) is 6.04 Å². The first kappa shape index (κ1) is 14.8. The highest BCUT2D eigenvalue weighted by Gasteiger charge is 2.41. The molecule has 4 heteroatoms. The quantitative estimate of drug-likeness (QED) is 0.828. The van der Waals surface area contributed by atoms with Gasteiger partial charge in [-0.3, -0.25) is 4.90 Å². The number of rotatable bonds is 2. The SMILES string of the molecule is CNC1(C#N)CCCC(N2CC(C)OC(C)(C)C2)C1. The maximum absolute atomic E-state index is 9.46. The number of hydrogen-bond donors (Lipinski definition) is 1. The summed E-state index contributed by atoms with van der Waals surface area (Å²) in [7, 11) is 1.91. The normalized spacial score (nSPS) is 39.7. The third-order valence-corrected chi connectivity index (χ3v) is 4.53. The summed E-state index contributed by atoms with van der Waals surface area (Å²) in [4.78, 5) is 2.54. The minimum absolute atomic E-state index is 0.0793. The van der Waals surface area contributed by atoms with Crippen LogP contribution in [0.5, 0.6) is 0 Å². The van der Waals surface area contributed by atoms with Crippen molar-refractivity contribution in [3.05, 3.63) is 0 Å². The molecule has 3 unspecified atom stereocenters. The van der Waals surface area contributed by atoms with Gasteiger partial charge in [0.05, 0.1) is 17.8 Å². The first-order valence-electron chi connectivity index (χ1n) is 7.42. The van der Waals surface area contributed by atoms with Crippen LogP contribution in [0, 0.1) is 11.3 Å². The molecule has 1 N–H and O–H groups in total. The maximum Gasteiger partial charge on any atom is 0.108 e. The Labute approximate surface area is 117 Å². The summed E-state index contributed by atoms with van der Waals surface area (Å²) in [6.45, 7) is 8.42. The zero-order valence-electron chi connectivity index (χ0n) is 12.7. The smallest absolute Gasteiger partial charge is 0.108 e. The summed E-state index contributed by atoms with van der Waals surface area (Å²) in [6.07, 6.45) is 4.51. The third kappa shape index (κ3) is 3.28. The Bertz CT molecular complexity index is 363. The molecule has 0 aromatic carbocycles. The molecule has 1 aliphatic heterocycles. The molecular weight excluding hydrogens is 238 g/mol. The Morgan fingerprint density at radius 3 is 2.74 bits per heavy atom. The van der Waals surface area contributed by atoms with Gasteiger partial charge in [0.25, 0.3) is 0 Å². The fourth-order valence-electron chi connectivity index (χ4n) is 3.72. The predicted molar refractivity (Wildman–Crippen MR) is 75.9 cm³/mol. The molecule has 0 bridgehead atoms. The average Bonchev–Trinajstić information content (AvgIpc) is 2.36. The summed E-state index contributed by atoms with van der Waals surface area (Å²) in [5, 5.41) is 12.7. The molecule has 2 rings (SSSR count). The fraction of sp³-hybridized carbons (Fsp3) is 0.933. The van der Waals surface area contributed by atoms with Crippen LogP contribution in [0.25, 0.3) is 0 Å². The van der Waals surface area contributed by atoms with Gasteiger partial charge in [-0.15, -0.1) is 0 Å². The van der Waals surface area contributed by atoms with Crippen molar-refractivity contribution in [3.63, 3.8) is 0 Å². The maximum atomic E-state index is 9.46. The zero-order chi connectivity index (χ0) is 14.1. The molecule has 3 atom stereocenters. The number of hydrogen-bond acceptors (Lipinski definition) is 4. The van der Waals surface area contributed by atoms with Gasteiger partial charge in [-0.05, 0) is 53.5 Å². The van der Waals surface area contributed by atoms with Gasteiger partial charge in [0.15, 0.2) is 0 Å². The molecule has 108 valence electrons. The third-order valence-electron chi connectivity index (χ3n) is 4.53. The van der Waals surface area contributed by atoms with Crippen LogP contribution in [-0.4, -0.2) is 48.3 Å². The second-order valence-corrected chi connectivity index (χ2v) is 6.81. The van der Waals surface area contributed by atoms with Crippen molar-refractivity contribution in [2.45, 2.75) is 69.7 Å². The van der Waals surface area contributed by atoms with Crippen LogP contribution in [-0.2, 0) is 4.74 Å². The van der Waals surface area contributed by atoms with Crippen LogP contribution < -0.4 is 5.32 Å². The van der Waals surface area contributed by atoms with E-state index in [1.165, 1.54) is 6.42 Å². The molecule has 2 aliphatic rings. The molecular formula is C15H27N3O. The summed E-state index contributed by atoms with van der Waals surface area (Å²) in [5.41, 5.74) is -0.404. The van der Waals surface area contributed by atoms with Gasteiger partial charge in [0.2, 0.25) is 0 Å². The van der Waals surface area contributed by atoms with E-state index in [-0.39, 0.29) is 17.2 Å². The van der Waals surface area contributed by atoms with E-state index in [9.17, 15) is 5.26 Å². The van der Waals surface area contributed by atoms with Crippen LogP contribution in [0.4, 0.5) is 0 Å². The number of nitriles is 1. The predicted octanol–water partition coefficient (Wildman–Crippen LogP) is 1.91. The Balaban J connectivity index is 2.07. The lowest BCUT2D eigenvalue weighted by molar-refractivity contribution is -0.141. The minimum atomic E-state index is -0.325. The highest BCUT2D eigenvalue weighted by atomic mass is 16.5. The van der Waals surface area contributed by atoms with Crippen LogP contribution in [0.3, 0.4) is 0 Å². The number of nitrogens with zero attached hydrogens (tertiary/aromatic N) is 2. The van der Waals surface area contributed by atoms with Gasteiger partial charge >= 0.3 is 0 Å². The summed E-state index contributed by atoms with van der Waals surface area (Å²) in [5.74, 6) is 0. The van der Waals surface area contributed by atoms with Gasteiger partial charge in [0.1, 0.15) is 5.54 Å². The molecule has 1 saturated carbocycles. The van der Waals surface area contributed by atoms with Crippen molar-refractivity contribution in [1.29, 1.82) is 5.26 Å². The largest absolute Gasteiger partial charge is 0.370 e. The van der Waals surface area contributed by atoms with Gasteiger partial charge in [-0.1, -0.05) is 0 Å². The van der Waals surface area contributed by atoms with Crippen LogP contribution in [0.2, 0.25) is 0 Å². The number of ether oxygens (including phenoxy) is 1. The Hall–Kier alpha value is -0.630. The first-order valence-corrected chi connectivity index (χ1v) is 7.42. The van der Waals surface area contributed by atoms with E-state index in [1.54, 1.807) is 0 Å². The number of morpholine rings is 1. The van der Waals surface area contributed by atoms with E-state index in [1.807, 2.05) is 7.05 Å². The van der Waals surface area contributed by atoms with Crippen molar-refractivity contribution in [2.75, 3.05) is 20.1 Å². The Morgan fingerprint density at radius 2 is 2.16 bits per heavy atom. The molecule has 1 saturated heterocycles. The molecule has 0 aromatic rings. The van der Waals surface area contributed by atoms with Crippen molar-refractivity contribution in [3.8, 4) is 6.07 Å². The molecule has 2 fully saturated rings. The van der Waals surface area contributed by atoms with Gasteiger partial charge in [-0.2, -0.15) is 5.26 Å². The lowest BCUT2D eigenvalue weighted by atomic mass is 9.79. The highest BCUT2D eigenvalue weighted by molar-refractivity contribution is 5.11. The topological polar surface area (TPSA) is 48.3 Å². The minimum Gasteiger partial charge on any atom is -0.370 e. The van der Waals surface area contributed by atoms with Gasteiger partial charge < -0.3 is 10.1 Å². The molecule has 0 spiro atoms. The lowest BCUT2D eigenvalue weighted by Crippen LogP contribution is -2.58. The Morgan fingerprint density at radius 1 is 1.42 bits per heavy atom. The van der Waals surface area contributed by atoms with Crippen molar-refractivity contribution >= 4 is 0 Å². The molecule has 1 aliphatic carbocycles. The second kappa shape index (κ2) is 5.40. The molecule has 0 radical (unpaired) electrons. The Kier molecular flexibility index (Phi) is 4.20. The monoisotopic (exact) mass is 265 g/mol. The van der Waals surface area contributed by atoms with Crippen LogP contribution >= 0.6 is 0 Å². The van der Waals surface area contributed by atoms with E-state index in [4.69, 9.17) is 4.74 Å². The fourth-order valence-corrected chi connectivity index (χ4v) is 3.72. The van der Waals surface area contributed by atoms with Crippen LogP contribution in [0.1, 0.15) is 46.5 Å².